The number of carbonyl (C=O) groups is 2. The Labute approximate surface area is 242 Å². The fourth-order valence-electron chi connectivity index (χ4n) is 3.60. The van der Waals surface area contributed by atoms with Crippen molar-refractivity contribution in [2.24, 2.45) is 5.92 Å². The first-order valence-electron chi connectivity index (χ1n) is 13.7. The van der Waals surface area contributed by atoms with Gasteiger partial charge in [0.05, 0.1) is 5.69 Å². The van der Waals surface area contributed by atoms with Crippen molar-refractivity contribution >= 4 is 34.1 Å². The van der Waals surface area contributed by atoms with Crippen LogP contribution in [-0.4, -0.2) is 38.8 Å². The molecule has 3 N–H and O–H groups in total. The minimum atomic E-state index is -0.0943. The predicted molar refractivity (Wildman–Crippen MR) is 164 cm³/mol. The van der Waals surface area contributed by atoms with Crippen molar-refractivity contribution in [3.63, 3.8) is 0 Å². The van der Waals surface area contributed by atoms with E-state index in [0.29, 0.717) is 30.3 Å². The van der Waals surface area contributed by atoms with Gasteiger partial charge in [0.15, 0.2) is 5.82 Å². The number of anilines is 2. The second kappa shape index (κ2) is 17.1. The van der Waals surface area contributed by atoms with E-state index >= 15 is 0 Å². The van der Waals surface area contributed by atoms with Crippen LogP contribution in [0.25, 0.3) is 0 Å². The lowest BCUT2D eigenvalue weighted by atomic mass is 10.1. The van der Waals surface area contributed by atoms with E-state index in [2.05, 4.69) is 49.5 Å². The Balaban J connectivity index is 1.69. The highest BCUT2D eigenvalue weighted by Crippen LogP contribution is 2.21. The molecule has 0 saturated heterocycles. The van der Waals surface area contributed by atoms with Crippen molar-refractivity contribution in [1.82, 2.24) is 25.7 Å². The Bertz CT molecular complexity index is 1210. The van der Waals surface area contributed by atoms with E-state index < -0.39 is 0 Å². The number of nitrogens with one attached hydrogen (secondary N) is 3. The molecule has 0 saturated carbocycles. The number of aromatic nitrogens is 4. The molecule has 0 aromatic carbocycles. The summed E-state index contributed by atoms with van der Waals surface area (Å²) in [5.74, 6) is 0.457. The molecule has 216 valence electrons. The van der Waals surface area contributed by atoms with E-state index in [1.807, 2.05) is 52.8 Å². The summed E-state index contributed by atoms with van der Waals surface area (Å²) in [6, 6.07) is 3.69. The minimum Gasteiger partial charge on any atom is -0.352 e. The summed E-state index contributed by atoms with van der Waals surface area (Å²) < 4.78 is 0. The third-order valence-corrected chi connectivity index (χ3v) is 7.13. The second-order valence-corrected chi connectivity index (χ2v) is 11.1. The molecule has 2 amide bonds. The van der Waals surface area contributed by atoms with Gasteiger partial charge in [-0.05, 0) is 64.2 Å². The monoisotopic (exact) mass is 565 g/mol. The number of aryl methyl sites for hydroxylation is 2. The quantitative estimate of drug-likeness (QED) is 0.119. The van der Waals surface area contributed by atoms with Gasteiger partial charge < -0.3 is 16.0 Å². The first-order chi connectivity index (χ1) is 19.1. The van der Waals surface area contributed by atoms with E-state index in [9.17, 15) is 9.59 Å². The van der Waals surface area contributed by atoms with Crippen LogP contribution in [-0.2, 0) is 22.4 Å². The Morgan fingerprint density at radius 3 is 2.42 bits per heavy atom. The van der Waals surface area contributed by atoms with Crippen molar-refractivity contribution < 1.29 is 9.59 Å². The molecular weight excluding hydrogens is 522 g/mol. The molecule has 2 rings (SSSR count). The normalized spacial score (nSPS) is 12.5. The maximum absolute atomic E-state index is 12.0. The van der Waals surface area contributed by atoms with E-state index in [1.54, 1.807) is 6.07 Å². The smallest absolute Gasteiger partial charge is 0.229 e. The van der Waals surface area contributed by atoms with Crippen LogP contribution in [0.1, 0.15) is 77.4 Å². The van der Waals surface area contributed by atoms with Crippen molar-refractivity contribution in [3.05, 3.63) is 70.6 Å². The molecule has 9 nitrogen and oxygen atoms in total. The topological polar surface area (TPSA) is 122 Å². The highest BCUT2D eigenvalue weighted by Gasteiger charge is 2.10. The largest absolute Gasteiger partial charge is 0.352 e. The number of hydrogen-bond donors (Lipinski definition) is 3. The van der Waals surface area contributed by atoms with Crippen LogP contribution in [0.5, 0.6) is 0 Å². The average molecular weight is 566 g/mol. The predicted octanol–water partition coefficient (Wildman–Crippen LogP) is 6.17. The van der Waals surface area contributed by atoms with Gasteiger partial charge in [-0.3, -0.25) is 9.59 Å². The zero-order valence-corrected chi connectivity index (χ0v) is 25.3. The molecule has 10 heteroatoms. The van der Waals surface area contributed by atoms with Crippen LogP contribution in [0.4, 0.5) is 10.9 Å². The van der Waals surface area contributed by atoms with Gasteiger partial charge in [-0.2, -0.15) is 5.10 Å². The second-order valence-electron chi connectivity index (χ2n) is 10.1. The molecule has 0 fully saturated rings. The number of amides is 2. The van der Waals surface area contributed by atoms with Gasteiger partial charge in [0.25, 0.3) is 0 Å². The Morgan fingerprint density at radius 1 is 1.00 bits per heavy atom. The first-order valence-corrected chi connectivity index (χ1v) is 14.5. The number of carbonyl (C=O) groups excluding carboxylic acids is 2. The lowest BCUT2D eigenvalue weighted by Crippen LogP contribution is -2.30. The maximum atomic E-state index is 12.0. The third-order valence-electron chi connectivity index (χ3n) is 6.24. The fourth-order valence-corrected chi connectivity index (χ4v) is 4.42. The van der Waals surface area contributed by atoms with Gasteiger partial charge in [0.2, 0.25) is 16.9 Å². The Morgan fingerprint density at radius 2 is 1.75 bits per heavy atom. The summed E-state index contributed by atoms with van der Waals surface area (Å²) in [6.07, 6.45) is 9.17. The molecule has 2 aromatic rings. The van der Waals surface area contributed by atoms with Gasteiger partial charge in [0.1, 0.15) is 5.01 Å². The van der Waals surface area contributed by atoms with Crippen LogP contribution >= 0.6 is 11.3 Å². The highest BCUT2D eigenvalue weighted by atomic mass is 32.1. The van der Waals surface area contributed by atoms with Crippen LogP contribution in [0.2, 0.25) is 0 Å². The molecule has 0 aliphatic heterocycles. The molecule has 0 spiro atoms. The van der Waals surface area contributed by atoms with Crippen LogP contribution in [0, 0.1) is 5.92 Å². The average Bonchev–Trinajstić information content (AvgIpc) is 3.36. The molecule has 0 aliphatic rings. The van der Waals surface area contributed by atoms with Gasteiger partial charge in [-0.25, -0.2) is 0 Å². The molecule has 2 heterocycles. The number of rotatable bonds is 17. The standard InChI is InChI=1S/C30H43N7O2S/c1-8-20(3)18-27(38)33-26-15-14-25(34-35-26)12-10-11-13-28-36-37-30(40-28)32-24(7)17-21(4)16-22(5)19-31-29(39)23(6)9-2/h8,14-16,23H,4,7,9-13,17-19H2,1-3,5-6H3,(H,31,39)(H,32,37)(H,33,35,38)/b20-8+,22-16+. The van der Waals surface area contributed by atoms with Gasteiger partial charge in [-0.15, -0.1) is 15.3 Å². The Hall–Kier alpha value is -3.66. The summed E-state index contributed by atoms with van der Waals surface area (Å²) in [7, 11) is 0. The number of hydrogen-bond acceptors (Lipinski definition) is 8. The zero-order valence-electron chi connectivity index (χ0n) is 24.5. The molecular formula is C30H43N7O2S. The van der Waals surface area contributed by atoms with Crippen LogP contribution in [0.15, 0.2) is 59.9 Å². The summed E-state index contributed by atoms with van der Waals surface area (Å²) in [4.78, 5) is 23.9. The van der Waals surface area contributed by atoms with Crippen molar-refractivity contribution in [1.29, 1.82) is 0 Å². The number of allylic oxidation sites excluding steroid dienone is 3. The molecule has 40 heavy (non-hydrogen) atoms. The maximum Gasteiger partial charge on any atom is 0.229 e. The SMILES string of the molecule is C=C(/C=C(\C)CNC(=O)C(C)CC)CC(=C)Nc1nnc(CCCCc2ccc(NC(=O)C/C(C)=C/C)nn2)s1. The van der Waals surface area contributed by atoms with E-state index in [0.717, 1.165) is 65.2 Å². The van der Waals surface area contributed by atoms with E-state index in [1.165, 1.54) is 11.3 Å². The fraction of sp³-hybridized carbons (Fsp3) is 0.467. The van der Waals surface area contributed by atoms with E-state index in [4.69, 9.17) is 0 Å². The summed E-state index contributed by atoms with van der Waals surface area (Å²) in [5, 5.41) is 27.5. The molecule has 0 aliphatic carbocycles. The van der Waals surface area contributed by atoms with Gasteiger partial charge >= 0.3 is 0 Å². The number of nitrogens with zero attached hydrogens (tertiary/aromatic N) is 4. The summed E-state index contributed by atoms with van der Waals surface area (Å²) >= 11 is 1.52. The molecule has 0 radical (unpaired) electrons. The third kappa shape index (κ3) is 12.5. The lowest BCUT2D eigenvalue weighted by Gasteiger charge is -2.11. The first kappa shape index (κ1) is 32.6. The van der Waals surface area contributed by atoms with Crippen molar-refractivity contribution in [3.8, 4) is 0 Å². The van der Waals surface area contributed by atoms with Crippen molar-refractivity contribution in [2.75, 3.05) is 17.2 Å². The van der Waals surface area contributed by atoms with Gasteiger partial charge in [0, 0.05) is 37.4 Å². The molecule has 1 atom stereocenters. The summed E-state index contributed by atoms with van der Waals surface area (Å²) in [6.45, 7) is 18.5. The zero-order chi connectivity index (χ0) is 29.5. The molecule has 2 aromatic heterocycles. The van der Waals surface area contributed by atoms with Crippen molar-refractivity contribution in [2.45, 2.75) is 79.6 Å². The van der Waals surface area contributed by atoms with Crippen LogP contribution in [0.3, 0.4) is 0 Å². The lowest BCUT2D eigenvalue weighted by molar-refractivity contribution is -0.124. The highest BCUT2D eigenvalue weighted by molar-refractivity contribution is 7.15. The summed E-state index contributed by atoms with van der Waals surface area (Å²) in [5.41, 5.74) is 4.63. The Kier molecular flexibility index (Phi) is 13.9. The van der Waals surface area contributed by atoms with Gasteiger partial charge in [-0.1, -0.05) is 61.6 Å². The molecule has 0 bridgehead atoms. The number of unbranched alkanes of at least 4 members (excludes halogenated alkanes) is 1. The van der Waals surface area contributed by atoms with Crippen LogP contribution < -0.4 is 16.0 Å². The minimum absolute atomic E-state index is 0.0165. The van der Waals surface area contributed by atoms with E-state index in [-0.39, 0.29) is 17.7 Å². The molecule has 1 unspecified atom stereocenters.